The third-order valence-electron chi connectivity index (χ3n) is 2.97. The Morgan fingerprint density at radius 2 is 2.06 bits per heavy atom. The van der Waals surface area contributed by atoms with Crippen molar-refractivity contribution in [3.63, 3.8) is 0 Å². The van der Waals surface area contributed by atoms with Crippen molar-refractivity contribution in [1.29, 1.82) is 0 Å². The van der Waals surface area contributed by atoms with Crippen LogP contribution in [0.15, 0.2) is 23.4 Å². The van der Waals surface area contributed by atoms with Gasteiger partial charge in [0.25, 0.3) is 0 Å². The van der Waals surface area contributed by atoms with E-state index in [1.165, 1.54) is 11.1 Å². The fourth-order valence-electron chi connectivity index (χ4n) is 2.05. The number of benzene rings is 1. The van der Waals surface area contributed by atoms with E-state index < -0.39 is 0 Å². The molecule has 0 heterocycles. The molecule has 2 nitrogen and oxygen atoms in total. The lowest BCUT2D eigenvalue weighted by molar-refractivity contribution is 0.814. The van der Waals surface area contributed by atoms with Gasteiger partial charge in [-0.1, -0.05) is 43.6 Å². The van der Waals surface area contributed by atoms with Gasteiger partial charge < -0.3 is 0 Å². The van der Waals surface area contributed by atoms with Gasteiger partial charge in [-0.25, -0.2) is 0 Å². The molecule has 94 valence electrons. The zero-order valence-corrected chi connectivity index (χ0v) is 11.7. The van der Waals surface area contributed by atoms with Crippen molar-refractivity contribution in [1.82, 2.24) is 0 Å². The molecule has 0 radical (unpaired) electrons. The van der Waals surface area contributed by atoms with Crippen molar-refractivity contribution >= 4 is 11.8 Å². The number of nitrogens with zero attached hydrogens (tertiary/aromatic N) is 1. The summed E-state index contributed by atoms with van der Waals surface area (Å²) in [5.74, 6) is 0.764. The zero-order chi connectivity index (χ0) is 12.7. The first-order valence-electron chi connectivity index (χ1n) is 6.19. The summed E-state index contributed by atoms with van der Waals surface area (Å²) in [6, 6.07) is 6.18. The van der Waals surface area contributed by atoms with E-state index in [0.29, 0.717) is 0 Å². The molecule has 0 N–H and O–H groups in total. The molecular weight excluding hydrogens is 230 g/mol. The minimum absolute atomic E-state index is 0.202. The van der Waals surface area contributed by atoms with Crippen LogP contribution >= 0.6 is 11.8 Å². The van der Waals surface area contributed by atoms with Gasteiger partial charge in [-0.05, 0) is 35.8 Å². The van der Waals surface area contributed by atoms with Crippen LogP contribution < -0.4 is 0 Å². The molecule has 1 aromatic rings. The Kier molecular flexibility index (Phi) is 6.27. The van der Waals surface area contributed by atoms with Gasteiger partial charge in [0.2, 0.25) is 0 Å². The van der Waals surface area contributed by atoms with Crippen molar-refractivity contribution < 1.29 is 0 Å². The fourth-order valence-corrected chi connectivity index (χ4v) is 2.61. The molecule has 0 saturated heterocycles. The normalized spacial score (nSPS) is 12.4. The molecule has 1 atom stereocenters. The molecule has 0 saturated carbocycles. The summed E-state index contributed by atoms with van der Waals surface area (Å²) in [5.41, 5.74) is 3.83. The molecule has 0 bridgehead atoms. The first kappa shape index (κ1) is 14.2. The molecule has 0 fully saturated rings. The lowest BCUT2D eigenvalue weighted by atomic mass is 9.96. The van der Waals surface area contributed by atoms with Crippen molar-refractivity contribution in [3.8, 4) is 0 Å². The number of hydrogen-bond donors (Lipinski definition) is 0. The van der Waals surface area contributed by atoms with E-state index in [2.05, 4.69) is 37.2 Å². The Morgan fingerprint density at radius 3 is 2.59 bits per heavy atom. The van der Waals surface area contributed by atoms with Crippen LogP contribution in [0.5, 0.6) is 0 Å². The van der Waals surface area contributed by atoms with Gasteiger partial charge in [0, 0.05) is 5.75 Å². The van der Waals surface area contributed by atoms with E-state index in [1.54, 1.807) is 11.8 Å². The van der Waals surface area contributed by atoms with Gasteiger partial charge in [-0.15, -0.1) is 0 Å². The highest BCUT2D eigenvalue weighted by Crippen LogP contribution is 2.24. The van der Waals surface area contributed by atoms with Gasteiger partial charge >= 0.3 is 0 Å². The molecular formula is C14H21NOS. The molecule has 0 amide bonds. The minimum atomic E-state index is -0.202. The molecule has 0 aliphatic carbocycles. The third kappa shape index (κ3) is 3.84. The van der Waals surface area contributed by atoms with Crippen LogP contribution in [0.25, 0.3) is 0 Å². The number of hydrogen-bond acceptors (Lipinski definition) is 3. The SMILES string of the molecule is CCCc1cc(C(CSC)N=O)ccc1CC. The molecule has 3 heteroatoms. The lowest BCUT2D eigenvalue weighted by Gasteiger charge is -2.13. The molecule has 1 rings (SSSR count). The van der Waals surface area contributed by atoms with E-state index in [-0.39, 0.29) is 6.04 Å². The van der Waals surface area contributed by atoms with Gasteiger partial charge in [0.15, 0.2) is 0 Å². The maximum absolute atomic E-state index is 10.9. The summed E-state index contributed by atoms with van der Waals surface area (Å²) < 4.78 is 0. The largest absolute Gasteiger partial charge is 0.163 e. The maximum Gasteiger partial charge on any atom is 0.126 e. The molecule has 0 aliphatic heterocycles. The number of rotatable bonds is 7. The van der Waals surface area contributed by atoms with Gasteiger partial charge in [0.1, 0.15) is 6.04 Å². The third-order valence-corrected chi connectivity index (χ3v) is 3.62. The molecule has 1 aromatic carbocycles. The van der Waals surface area contributed by atoms with E-state index >= 15 is 0 Å². The van der Waals surface area contributed by atoms with E-state index in [4.69, 9.17) is 0 Å². The second-order valence-electron chi connectivity index (χ2n) is 4.21. The van der Waals surface area contributed by atoms with Crippen molar-refractivity contribution in [2.75, 3.05) is 12.0 Å². The Hall–Kier alpha value is -0.830. The van der Waals surface area contributed by atoms with E-state index in [9.17, 15) is 4.91 Å². The van der Waals surface area contributed by atoms with Crippen molar-refractivity contribution in [2.45, 2.75) is 39.2 Å². The Labute approximate surface area is 108 Å². The smallest absolute Gasteiger partial charge is 0.126 e. The molecule has 0 spiro atoms. The summed E-state index contributed by atoms with van der Waals surface area (Å²) >= 11 is 1.66. The second kappa shape index (κ2) is 7.49. The highest BCUT2D eigenvalue weighted by molar-refractivity contribution is 7.98. The topological polar surface area (TPSA) is 29.4 Å². The van der Waals surface area contributed by atoms with E-state index in [1.807, 2.05) is 6.26 Å². The molecule has 1 unspecified atom stereocenters. The Bertz CT molecular complexity index is 365. The summed E-state index contributed by atoms with van der Waals surface area (Å²) in [6.07, 6.45) is 5.28. The first-order valence-corrected chi connectivity index (χ1v) is 7.59. The standard InChI is InChI=1S/C14H21NOS/c1-4-6-12-9-13(8-7-11(12)5-2)14(15-16)10-17-3/h7-9,14H,4-6,10H2,1-3H3. The van der Waals surface area contributed by atoms with Crippen LogP contribution in [0.2, 0.25) is 0 Å². The van der Waals surface area contributed by atoms with Crippen LogP contribution in [0.4, 0.5) is 0 Å². The average molecular weight is 251 g/mol. The summed E-state index contributed by atoms with van der Waals surface area (Å²) in [5, 5.41) is 3.23. The highest BCUT2D eigenvalue weighted by atomic mass is 32.2. The Balaban J connectivity index is 3.00. The van der Waals surface area contributed by atoms with Crippen LogP contribution in [-0.2, 0) is 12.8 Å². The Morgan fingerprint density at radius 1 is 1.29 bits per heavy atom. The quantitative estimate of drug-likeness (QED) is 0.673. The van der Waals surface area contributed by atoms with Gasteiger partial charge in [0.05, 0.1) is 0 Å². The summed E-state index contributed by atoms with van der Waals surface area (Å²) in [7, 11) is 0. The first-order chi connectivity index (χ1) is 8.26. The lowest BCUT2D eigenvalue weighted by Crippen LogP contribution is -2.01. The number of thioether (sulfide) groups is 1. The van der Waals surface area contributed by atoms with Gasteiger partial charge in [-0.2, -0.15) is 16.7 Å². The van der Waals surface area contributed by atoms with E-state index in [0.717, 1.165) is 30.6 Å². The molecule has 17 heavy (non-hydrogen) atoms. The fraction of sp³-hybridized carbons (Fsp3) is 0.571. The number of nitroso groups, excluding NO2 is 1. The summed E-state index contributed by atoms with van der Waals surface area (Å²) in [6.45, 7) is 4.36. The van der Waals surface area contributed by atoms with Crippen LogP contribution in [0, 0.1) is 4.91 Å². The van der Waals surface area contributed by atoms with Crippen LogP contribution in [-0.4, -0.2) is 12.0 Å². The highest BCUT2D eigenvalue weighted by Gasteiger charge is 2.12. The monoisotopic (exact) mass is 251 g/mol. The molecule has 0 aromatic heterocycles. The zero-order valence-electron chi connectivity index (χ0n) is 10.9. The second-order valence-corrected chi connectivity index (χ2v) is 5.12. The van der Waals surface area contributed by atoms with Crippen LogP contribution in [0.3, 0.4) is 0 Å². The predicted molar refractivity (Wildman–Crippen MR) is 76.7 cm³/mol. The molecule has 0 aliphatic rings. The predicted octanol–water partition coefficient (Wildman–Crippen LogP) is 4.37. The van der Waals surface area contributed by atoms with Crippen LogP contribution in [0.1, 0.15) is 43.0 Å². The van der Waals surface area contributed by atoms with Crippen molar-refractivity contribution in [3.05, 3.63) is 39.8 Å². The van der Waals surface area contributed by atoms with Crippen molar-refractivity contribution in [2.24, 2.45) is 5.18 Å². The van der Waals surface area contributed by atoms with Gasteiger partial charge in [-0.3, -0.25) is 0 Å². The minimum Gasteiger partial charge on any atom is -0.163 e. The number of aryl methyl sites for hydroxylation is 2. The average Bonchev–Trinajstić information content (AvgIpc) is 2.36. The maximum atomic E-state index is 10.9. The summed E-state index contributed by atoms with van der Waals surface area (Å²) in [4.78, 5) is 10.9.